The zero-order valence-corrected chi connectivity index (χ0v) is 35.4. The van der Waals surface area contributed by atoms with E-state index in [0.29, 0.717) is 0 Å². The predicted molar refractivity (Wildman–Crippen MR) is 272 cm³/mol. The molecular weight excluding hydrogens is 793 g/mol. The lowest BCUT2D eigenvalue weighted by Gasteiger charge is -2.26. The van der Waals surface area contributed by atoms with Gasteiger partial charge < -0.3 is 23.7 Å². The summed E-state index contributed by atoms with van der Waals surface area (Å²) in [7, 11) is 0. The van der Waals surface area contributed by atoms with E-state index in [9.17, 15) is 0 Å². The Morgan fingerprint density at radius 3 is 1.14 bits per heavy atom. The van der Waals surface area contributed by atoms with Gasteiger partial charge in [0.05, 0.1) is 11.0 Å². The topological polar surface area (TPSA) is 27.8 Å². The highest BCUT2D eigenvalue weighted by Gasteiger charge is 2.22. The minimum Gasteiger partial charge on any atom is -0.456 e. The summed E-state index contributed by atoms with van der Waals surface area (Å²) in [6.45, 7) is 0. The van der Waals surface area contributed by atoms with Crippen molar-refractivity contribution in [3.8, 4) is 5.69 Å². The Balaban J connectivity index is 1.01. The van der Waals surface area contributed by atoms with Crippen LogP contribution in [0.25, 0.3) is 49.4 Å². The van der Waals surface area contributed by atoms with Gasteiger partial charge in [-0.05, 0) is 133 Å². The van der Waals surface area contributed by atoms with Crippen molar-refractivity contribution in [1.29, 1.82) is 0 Å². The lowest BCUT2D eigenvalue weighted by molar-refractivity contribution is 0.669. The Morgan fingerprint density at radius 2 is 0.631 bits per heavy atom. The molecule has 0 radical (unpaired) electrons. The van der Waals surface area contributed by atoms with E-state index in [1.165, 1.54) is 10.8 Å². The molecule has 0 unspecified atom stereocenters. The second-order valence-electron chi connectivity index (χ2n) is 16.2. The highest BCUT2D eigenvalue weighted by molar-refractivity contribution is 6.12. The summed E-state index contributed by atoms with van der Waals surface area (Å²) in [6.07, 6.45) is 0. The minimum absolute atomic E-state index is 0.837. The molecule has 0 spiro atoms. The zero-order valence-electron chi connectivity index (χ0n) is 35.4. The molecule has 2 aromatic heterocycles. The van der Waals surface area contributed by atoms with E-state index in [4.69, 9.17) is 4.42 Å². The lowest BCUT2D eigenvalue weighted by atomic mass is 10.1. The SMILES string of the molecule is c1ccc(N(c2ccccc2)c2ccc3c(c2)oc2ccc(N(c4ccccc4)c4ccc5c6cc(N(c7ccccc7)c7ccccc7)ccc6n(-c6ccccc6)c5c4)cc23)cc1. The van der Waals surface area contributed by atoms with Crippen LogP contribution in [0.5, 0.6) is 0 Å². The van der Waals surface area contributed by atoms with Gasteiger partial charge in [0, 0.05) is 84.5 Å². The van der Waals surface area contributed by atoms with Crippen LogP contribution in [0.4, 0.5) is 51.2 Å². The monoisotopic (exact) mass is 834 g/mol. The van der Waals surface area contributed by atoms with Crippen LogP contribution in [0, 0.1) is 0 Å². The second-order valence-corrected chi connectivity index (χ2v) is 16.2. The molecule has 0 fully saturated rings. The summed E-state index contributed by atoms with van der Waals surface area (Å²) in [5.41, 5.74) is 14.7. The molecule has 308 valence electrons. The highest BCUT2D eigenvalue weighted by atomic mass is 16.3. The van der Waals surface area contributed by atoms with Gasteiger partial charge in [-0.1, -0.05) is 115 Å². The third-order valence-electron chi connectivity index (χ3n) is 12.3. The summed E-state index contributed by atoms with van der Waals surface area (Å²) in [5, 5.41) is 4.48. The molecule has 0 saturated carbocycles. The number of anilines is 9. The van der Waals surface area contributed by atoms with E-state index in [1.807, 2.05) is 0 Å². The number of hydrogen-bond donors (Lipinski definition) is 0. The molecule has 0 saturated heterocycles. The third kappa shape index (κ3) is 6.83. The normalized spacial score (nSPS) is 11.4. The number of rotatable bonds is 10. The predicted octanol–water partition coefficient (Wildman–Crippen LogP) is 17.1. The Labute approximate surface area is 377 Å². The first kappa shape index (κ1) is 37.9. The van der Waals surface area contributed by atoms with Crippen molar-refractivity contribution in [2.24, 2.45) is 0 Å². The van der Waals surface area contributed by atoms with Gasteiger partial charge in [0.2, 0.25) is 0 Å². The fraction of sp³-hybridized carbons (Fsp3) is 0. The van der Waals surface area contributed by atoms with E-state index >= 15 is 0 Å². The molecule has 5 nitrogen and oxygen atoms in total. The van der Waals surface area contributed by atoms with Crippen molar-refractivity contribution in [1.82, 2.24) is 4.57 Å². The van der Waals surface area contributed by atoms with Crippen LogP contribution in [0.15, 0.2) is 259 Å². The molecule has 10 aromatic carbocycles. The van der Waals surface area contributed by atoms with Crippen molar-refractivity contribution >= 4 is 94.9 Å². The Hall–Kier alpha value is -8.80. The molecule has 0 N–H and O–H groups in total. The molecule has 65 heavy (non-hydrogen) atoms. The number of furan rings is 1. The van der Waals surface area contributed by atoms with Gasteiger partial charge in [0.25, 0.3) is 0 Å². The van der Waals surface area contributed by atoms with Gasteiger partial charge >= 0.3 is 0 Å². The number of hydrogen-bond acceptors (Lipinski definition) is 4. The maximum absolute atomic E-state index is 6.65. The van der Waals surface area contributed by atoms with E-state index in [2.05, 4.69) is 274 Å². The molecule has 12 rings (SSSR count). The van der Waals surface area contributed by atoms with E-state index in [-0.39, 0.29) is 0 Å². The molecule has 5 heteroatoms. The second kappa shape index (κ2) is 16.2. The van der Waals surface area contributed by atoms with Crippen molar-refractivity contribution in [2.45, 2.75) is 0 Å². The molecule has 0 aliphatic carbocycles. The van der Waals surface area contributed by atoms with Crippen LogP contribution in [-0.2, 0) is 0 Å². The third-order valence-corrected chi connectivity index (χ3v) is 12.3. The molecule has 0 amide bonds. The fourth-order valence-corrected chi connectivity index (χ4v) is 9.39. The van der Waals surface area contributed by atoms with Gasteiger partial charge in [0.1, 0.15) is 11.2 Å². The molecular formula is C60H42N4O. The summed E-state index contributed by atoms with van der Waals surface area (Å²) >= 11 is 0. The summed E-state index contributed by atoms with van der Waals surface area (Å²) in [6, 6.07) is 90.3. The van der Waals surface area contributed by atoms with Crippen molar-refractivity contribution in [2.75, 3.05) is 14.7 Å². The van der Waals surface area contributed by atoms with Crippen LogP contribution in [0.2, 0.25) is 0 Å². The molecule has 0 aliphatic heterocycles. The Morgan fingerprint density at radius 1 is 0.246 bits per heavy atom. The average Bonchev–Trinajstić information content (AvgIpc) is 3.90. The average molecular weight is 835 g/mol. The van der Waals surface area contributed by atoms with Crippen LogP contribution in [0.3, 0.4) is 0 Å². The van der Waals surface area contributed by atoms with Crippen LogP contribution in [-0.4, -0.2) is 4.57 Å². The first-order chi connectivity index (χ1) is 32.2. The standard InChI is InChI=1S/C60H42N4O/c1-7-19-43(20-8-1)61(44-21-9-2-10-22-44)49-33-37-57-55(39-49)53-35-31-51(41-58(53)64(57)48-29-17-6-18-30-48)63(47-27-15-5-16-28-47)50-34-38-59-56(40-50)54-36-32-52(42-60(54)65-59)62(45-23-11-3-12-24-45)46-25-13-4-14-26-46/h1-42H. The zero-order chi connectivity index (χ0) is 43.1. The van der Waals surface area contributed by atoms with E-state index in [1.54, 1.807) is 0 Å². The Kier molecular flexibility index (Phi) is 9.42. The van der Waals surface area contributed by atoms with Crippen molar-refractivity contribution in [3.05, 3.63) is 255 Å². The molecule has 0 aliphatic rings. The lowest BCUT2D eigenvalue weighted by Crippen LogP contribution is -2.10. The summed E-state index contributed by atoms with van der Waals surface area (Å²) < 4.78 is 9.05. The smallest absolute Gasteiger partial charge is 0.137 e. The van der Waals surface area contributed by atoms with Gasteiger partial charge in [-0.2, -0.15) is 0 Å². The maximum atomic E-state index is 6.65. The number of para-hydroxylation sites is 6. The quantitative estimate of drug-likeness (QED) is 0.137. The minimum atomic E-state index is 0.837. The number of fused-ring (bicyclic) bond motifs is 6. The Bertz CT molecular complexity index is 3510. The number of aromatic nitrogens is 1. The fourth-order valence-electron chi connectivity index (χ4n) is 9.39. The van der Waals surface area contributed by atoms with E-state index in [0.717, 1.165) is 89.8 Å². The van der Waals surface area contributed by atoms with Crippen LogP contribution >= 0.6 is 0 Å². The maximum Gasteiger partial charge on any atom is 0.137 e. The number of benzene rings is 10. The van der Waals surface area contributed by atoms with Crippen LogP contribution in [0.1, 0.15) is 0 Å². The van der Waals surface area contributed by atoms with Gasteiger partial charge in [-0.25, -0.2) is 0 Å². The van der Waals surface area contributed by atoms with Gasteiger partial charge in [0.15, 0.2) is 0 Å². The van der Waals surface area contributed by atoms with Crippen LogP contribution < -0.4 is 14.7 Å². The molecule has 0 atom stereocenters. The largest absolute Gasteiger partial charge is 0.456 e. The summed E-state index contributed by atoms with van der Waals surface area (Å²) in [5.74, 6) is 0. The molecule has 12 aromatic rings. The molecule has 0 bridgehead atoms. The molecule has 2 heterocycles. The summed E-state index contributed by atoms with van der Waals surface area (Å²) in [4.78, 5) is 6.95. The van der Waals surface area contributed by atoms with E-state index < -0.39 is 0 Å². The van der Waals surface area contributed by atoms with Crippen molar-refractivity contribution in [3.63, 3.8) is 0 Å². The van der Waals surface area contributed by atoms with Gasteiger partial charge in [-0.15, -0.1) is 0 Å². The number of nitrogens with zero attached hydrogens (tertiary/aromatic N) is 4. The first-order valence-electron chi connectivity index (χ1n) is 22.0. The first-order valence-corrected chi connectivity index (χ1v) is 22.0. The van der Waals surface area contributed by atoms with Gasteiger partial charge in [-0.3, -0.25) is 0 Å². The highest BCUT2D eigenvalue weighted by Crippen LogP contribution is 2.44. The van der Waals surface area contributed by atoms with Crippen molar-refractivity contribution < 1.29 is 4.42 Å².